The zero-order valence-electron chi connectivity index (χ0n) is 18.9. The predicted octanol–water partition coefficient (Wildman–Crippen LogP) is 4.11. The lowest BCUT2D eigenvalue weighted by Gasteiger charge is -2.30. The van der Waals surface area contributed by atoms with E-state index in [1.807, 2.05) is 36.4 Å². The van der Waals surface area contributed by atoms with Crippen molar-refractivity contribution in [3.8, 4) is 0 Å². The molecule has 1 unspecified atom stereocenters. The number of ether oxygens (including phenoxy) is 1. The van der Waals surface area contributed by atoms with Crippen LogP contribution < -0.4 is 16.4 Å². The Labute approximate surface area is 194 Å². The van der Waals surface area contributed by atoms with E-state index in [0.717, 1.165) is 33.5 Å². The fourth-order valence-corrected chi connectivity index (χ4v) is 3.92. The van der Waals surface area contributed by atoms with E-state index in [2.05, 4.69) is 47.4 Å². The van der Waals surface area contributed by atoms with Crippen LogP contribution in [0, 0.1) is 0 Å². The van der Waals surface area contributed by atoms with Gasteiger partial charge in [-0.25, -0.2) is 4.98 Å². The number of fused-ring (bicyclic) bond motifs is 2. The van der Waals surface area contributed by atoms with E-state index in [1.54, 1.807) is 6.92 Å². The van der Waals surface area contributed by atoms with Crippen LogP contribution in [-0.4, -0.2) is 36.2 Å². The molecule has 170 valence electrons. The molecule has 3 aromatic rings. The molecule has 1 aromatic heterocycles. The Hall–Kier alpha value is -3.48. The van der Waals surface area contributed by atoms with E-state index in [9.17, 15) is 4.79 Å². The Morgan fingerprint density at radius 3 is 2.73 bits per heavy atom. The lowest BCUT2D eigenvalue weighted by Crippen LogP contribution is -2.47. The summed E-state index contributed by atoms with van der Waals surface area (Å²) in [6.45, 7) is 2.98. The van der Waals surface area contributed by atoms with E-state index >= 15 is 0 Å². The normalized spacial score (nSPS) is 16.0. The van der Waals surface area contributed by atoms with Gasteiger partial charge >= 0.3 is 5.97 Å². The van der Waals surface area contributed by atoms with Gasteiger partial charge in [0.2, 0.25) is 0 Å². The van der Waals surface area contributed by atoms with Crippen molar-refractivity contribution >= 4 is 34.7 Å². The Bertz CT molecular complexity index is 1200. The van der Waals surface area contributed by atoms with Crippen molar-refractivity contribution in [2.24, 2.45) is 11.5 Å². The molecule has 1 aliphatic rings. The van der Waals surface area contributed by atoms with Crippen molar-refractivity contribution in [3.63, 3.8) is 0 Å². The Balaban J connectivity index is 1.51. The molecule has 2 heterocycles. The van der Waals surface area contributed by atoms with Crippen molar-refractivity contribution in [3.05, 3.63) is 83.7 Å². The summed E-state index contributed by atoms with van der Waals surface area (Å²) in [5, 5.41) is 1.12. The van der Waals surface area contributed by atoms with Gasteiger partial charge in [0, 0.05) is 23.3 Å². The molecular formula is C27H30N4O2. The predicted molar refractivity (Wildman–Crippen MR) is 134 cm³/mol. The SMILES string of the molecule is CC(N)(CCN)C(=O)OCCCN1/C(=C/c2ccc3ccccc3n2)C=Cc2ccccc21. The van der Waals surface area contributed by atoms with Crippen molar-refractivity contribution in [1.82, 2.24) is 4.98 Å². The second kappa shape index (κ2) is 9.98. The summed E-state index contributed by atoms with van der Waals surface area (Å²) in [5.41, 5.74) is 15.7. The zero-order valence-corrected chi connectivity index (χ0v) is 18.9. The Morgan fingerprint density at radius 2 is 1.88 bits per heavy atom. The lowest BCUT2D eigenvalue weighted by molar-refractivity contribution is -0.149. The van der Waals surface area contributed by atoms with Crippen LogP contribution in [0.2, 0.25) is 0 Å². The highest BCUT2D eigenvalue weighted by atomic mass is 16.5. The first-order valence-corrected chi connectivity index (χ1v) is 11.3. The molecule has 0 spiro atoms. The van der Waals surface area contributed by atoms with Crippen LogP contribution in [0.3, 0.4) is 0 Å². The molecule has 6 heteroatoms. The Kier molecular flexibility index (Phi) is 6.87. The quantitative estimate of drug-likeness (QED) is 0.403. The molecule has 4 rings (SSSR count). The molecule has 33 heavy (non-hydrogen) atoms. The number of allylic oxidation sites excluding steroid dienone is 1. The van der Waals surface area contributed by atoms with Gasteiger partial charge in [-0.1, -0.05) is 48.5 Å². The number of nitrogens with zero attached hydrogens (tertiary/aromatic N) is 2. The van der Waals surface area contributed by atoms with Crippen LogP contribution in [0.25, 0.3) is 23.1 Å². The number of hydrogen-bond donors (Lipinski definition) is 2. The number of carbonyl (C=O) groups is 1. The average molecular weight is 443 g/mol. The van der Waals surface area contributed by atoms with Gasteiger partial charge in [0.05, 0.1) is 17.8 Å². The number of rotatable bonds is 8. The summed E-state index contributed by atoms with van der Waals surface area (Å²) in [6, 6.07) is 20.5. The first-order chi connectivity index (χ1) is 16.0. The summed E-state index contributed by atoms with van der Waals surface area (Å²) in [4.78, 5) is 19.3. The summed E-state index contributed by atoms with van der Waals surface area (Å²) < 4.78 is 5.44. The third-order valence-corrected chi connectivity index (χ3v) is 5.78. The third-order valence-electron chi connectivity index (χ3n) is 5.78. The topological polar surface area (TPSA) is 94.5 Å². The minimum absolute atomic E-state index is 0.292. The molecule has 0 aliphatic carbocycles. The van der Waals surface area contributed by atoms with Gasteiger partial charge in [-0.3, -0.25) is 4.79 Å². The van der Waals surface area contributed by atoms with Gasteiger partial charge < -0.3 is 21.1 Å². The van der Waals surface area contributed by atoms with Crippen LogP contribution in [0.15, 0.2) is 72.4 Å². The van der Waals surface area contributed by atoms with Crippen LogP contribution in [0.1, 0.15) is 31.0 Å². The molecule has 0 radical (unpaired) electrons. The maximum atomic E-state index is 12.3. The second-order valence-electron chi connectivity index (χ2n) is 8.49. The molecule has 4 N–H and O–H groups in total. The first-order valence-electron chi connectivity index (χ1n) is 11.3. The fraction of sp³-hybridized carbons (Fsp3) is 0.259. The molecule has 1 atom stereocenters. The molecule has 0 fully saturated rings. The number of nitrogens with two attached hydrogens (primary N) is 2. The maximum Gasteiger partial charge on any atom is 0.325 e. The number of pyridine rings is 1. The van der Waals surface area contributed by atoms with Crippen molar-refractivity contribution < 1.29 is 9.53 Å². The smallest absolute Gasteiger partial charge is 0.325 e. The highest BCUT2D eigenvalue weighted by Gasteiger charge is 2.29. The monoisotopic (exact) mass is 442 g/mol. The standard InChI is InChI=1S/C27H30N4O2/c1-27(29,15-16-28)26(32)33-18-6-17-31-23(14-12-21-8-3-5-10-25(21)31)19-22-13-11-20-7-2-4-9-24(20)30-22/h2-5,7-14,19H,6,15-18,28-29H2,1H3/b23-19+. The average Bonchev–Trinajstić information content (AvgIpc) is 2.82. The first kappa shape index (κ1) is 22.7. The number of para-hydroxylation sites is 2. The van der Waals surface area contributed by atoms with E-state index < -0.39 is 11.5 Å². The van der Waals surface area contributed by atoms with E-state index in [4.69, 9.17) is 21.2 Å². The highest BCUT2D eigenvalue weighted by Crippen LogP contribution is 2.32. The van der Waals surface area contributed by atoms with Crippen molar-refractivity contribution in [2.75, 3.05) is 24.6 Å². The van der Waals surface area contributed by atoms with E-state index in [0.29, 0.717) is 32.5 Å². The Morgan fingerprint density at radius 1 is 1.09 bits per heavy atom. The van der Waals surface area contributed by atoms with Crippen molar-refractivity contribution in [1.29, 1.82) is 0 Å². The molecular weight excluding hydrogens is 412 g/mol. The lowest BCUT2D eigenvalue weighted by atomic mass is 10.00. The largest absolute Gasteiger partial charge is 0.464 e. The fourth-order valence-electron chi connectivity index (χ4n) is 3.92. The zero-order chi connectivity index (χ0) is 23.3. The number of esters is 1. The molecule has 0 amide bonds. The summed E-state index contributed by atoms with van der Waals surface area (Å²) in [6.07, 6.45) is 7.36. The van der Waals surface area contributed by atoms with Gasteiger partial charge in [0.15, 0.2) is 0 Å². The number of benzene rings is 2. The van der Waals surface area contributed by atoms with Gasteiger partial charge in [-0.2, -0.15) is 0 Å². The van der Waals surface area contributed by atoms with Gasteiger partial charge in [-0.15, -0.1) is 0 Å². The van der Waals surface area contributed by atoms with Crippen molar-refractivity contribution in [2.45, 2.75) is 25.3 Å². The molecule has 0 bridgehead atoms. The maximum absolute atomic E-state index is 12.3. The number of aromatic nitrogens is 1. The van der Waals surface area contributed by atoms with Gasteiger partial charge in [-0.05, 0) is 62.2 Å². The van der Waals surface area contributed by atoms with Crippen LogP contribution in [-0.2, 0) is 9.53 Å². The molecule has 1 aliphatic heterocycles. The second-order valence-corrected chi connectivity index (χ2v) is 8.49. The molecule has 0 saturated heterocycles. The summed E-state index contributed by atoms with van der Waals surface area (Å²) in [7, 11) is 0. The summed E-state index contributed by atoms with van der Waals surface area (Å²) in [5.74, 6) is -0.414. The molecule has 0 saturated carbocycles. The number of anilines is 1. The van der Waals surface area contributed by atoms with Gasteiger partial charge in [0.25, 0.3) is 0 Å². The van der Waals surface area contributed by atoms with Crippen LogP contribution in [0.4, 0.5) is 5.69 Å². The van der Waals surface area contributed by atoms with Crippen LogP contribution in [0.5, 0.6) is 0 Å². The van der Waals surface area contributed by atoms with Crippen LogP contribution >= 0.6 is 0 Å². The van der Waals surface area contributed by atoms with Gasteiger partial charge in [0.1, 0.15) is 5.54 Å². The third kappa shape index (κ3) is 5.30. The number of carbonyl (C=O) groups excluding carboxylic acids is 1. The summed E-state index contributed by atoms with van der Waals surface area (Å²) >= 11 is 0. The van der Waals surface area contributed by atoms with E-state index in [-0.39, 0.29) is 0 Å². The highest BCUT2D eigenvalue weighted by molar-refractivity contribution is 5.82. The molecule has 6 nitrogen and oxygen atoms in total. The minimum atomic E-state index is -1.05. The number of hydrogen-bond acceptors (Lipinski definition) is 6. The molecule has 2 aromatic carbocycles. The minimum Gasteiger partial charge on any atom is -0.464 e. The van der Waals surface area contributed by atoms with E-state index in [1.165, 1.54) is 0 Å².